The van der Waals surface area contributed by atoms with Crippen LogP contribution in [0.2, 0.25) is 10.0 Å². The first kappa shape index (κ1) is 17.7. The van der Waals surface area contributed by atoms with Crippen LogP contribution < -0.4 is 5.32 Å². The normalized spacial score (nSPS) is 12.8. The second-order valence-corrected chi connectivity index (χ2v) is 7.20. The molecule has 116 valence electrons. The molecular formula is C12H13Cl2NO5S. The zero-order valence-corrected chi connectivity index (χ0v) is 13.5. The van der Waals surface area contributed by atoms with E-state index in [2.05, 4.69) is 5.32 Å². The molecule has 9 heteroatoms. The molecule has 0 fully saturated rings. The van der Waals surface area contributed by atoms with Gasteiger partial charge in [0.2, 0.25) is 5.91 Å². The summed E-state index contributed by atoms with van der Waals surface area (Å²) >= 11 is 11.6. The third kappa shape index (κ3) is 3.66. The Labute approximate surface area is 132 Å². The summed E-state index contributed by atoms with van der Waals surface area (Å²) in [5.74, 6) is -2.12. The fourth-order valence-electron chi connectivity index (χ4n) is 1.58. The predicted molar refractivity (Wildman–Crippen MR) is 78.8 cm³/mol. The van der Waals surface area contributed by atoms with Crippen molar-refractivity contribution in [2.75, 3.05) is 6.54 Å². The van der Waals surface area contributed by atoms with Crippen LogP contribution in [0.1, 0.15) is 24.2 Å². The van der Waals surface area contributed by atoms with Crippen LogP contribution in [0.4, 0.5) is 0 Å². The first-order valence-electron chi connectivity index (χ1n) is 5.86. The Morgan fingerprint density at radius 1 is 1.33 bits per heavy atom. The Morgan fingerprint density at radius 2 is 1.90 bits per heavy atom. The summed E-state index contributed by atoms with van der Waals surface area (Å²) < 4.78 is 24.8. The maximum atomic E-state index is 12.4. The van der Waals surface area contributed by atoms with Crippen molar-refractivity contribution in [3.8, 4) is 0 Å². The zero-order chi connectivity index (χ0) is 16.4. The lowest BCUT2D eigenvalue weighted by molar-refractivity contribution is -0.120. The Morgan fingerprint density at radius 3 is 2.38 bits per heavy atom. The van der Waals surface area contributed by atoms with Crippen LogP contribution >= 0.6 is 23.2 Å². The molecule has 0 aliphatic rings. The van der Waals surface area contributed by atoms with Gasteiger partial charge < -0.3 is 10.4 Å². The third-order valence-electron chi connectivity index (χ3n) is 2.73. The van der Waals surface area contributed by atoms with E-state index in [1.165, 1.54) is 6.92 Å². The highest BCUT2D eigenvalue weighted by molar-refractivity contribution is 7.93. The summed E-state index contributed by atoms with van der Waals surface area (Å²) in [7, 11) is -4.16. The maximum Gasteiger partial charge on any atom is 0.337 e. The lowest BCUT2D eigenvalue weighted by atomic mass is 10.2. The molecule has 0 aromatic heterocycles. The molecule has 0 aliphatic heterocycles. The van der Waals surface area contributed by atoms with Gasteiger partial charge in [-0.05, 0) is 26.0 Å². The molecule has 6 nitrogen and oxygen atoms in total. The van der Waals surface area contributed by atoms with E-state index >= 15 is 0 Å². The topological polar surface area (TPSA) is 101 Å². The predicted octanol–water partition coefficient (Wildman–Crippen LogP) is 1.99. The van der Waals surface area contributed by atoms with Crippen LogP contribution in [0.3, 0.4) is 0 Å². The minimum atomic E-state index is -4.16. The summed E-state index contributed by atoms with van der Waals surface area (Å²) in [4.78, 5) is 22.3. The Balaban J connectivity index is 3.45. The fraction of sp³-hybridized carbons (Fsp3) is 0.333. The van der Waals surface area contributed by atoms with Gasteiger partial charge in [-0.2, -0.15) is 0 Å². The largest absolute Gasteiger partial charge is 0.478 e. The zero-order valence-electron chi connectivity index (χ0n) is 11.2. The molecule has 1 aromatic rings. The molecule has 1 atom stereocenters. The quantitative estimate of drug-likeness (QED) is 0.842. The number of aromatic carboxylic acids is 1. The molecule has 0 spiro atoms. The SMILES string of the molecule is CCNC(=O)C(C)S(=O)(=O)c1cc(Cl)cc(C(=O)O)c1Cl. The molecular weight excluding hydrogens is 341 g/mol. The fourth-order valence-corrected chi connectivity index (χ4v) is 3.77. The number of rotatable bonds is 5. The number of carbonyl (C=O) groups is 2. The molecule has 0 aliphatic carbocycles. The average molecular weight is 354 g/mol. The standard InChI is InChI=1S/C12H13Cl2NO5S/c1-3-15-11(16)6(2)21(19,20)9-5-7(13)4-8(10(9)14)12(17)18/h4-6H,3H2,1-2H3,(H,15,16)(H,17,18). The average Bonchev–Trinajstić information content (AvgIpc) is 2.39. The van der Waals surface area contributed by atoms with Crippen molar-refractivity contribution in [3.05, 3.63) is 27.7 Å². The van der Waals surface area contributed by atoms with Gasteiger partial charge in [0.15, 0.2) is 9.84 Å². The number of sulfone groups is 1. The van der Waals surface area contributed by atoms with Crippen LogP contribution in [-0.4, -0.2) is 37.2 Å². The number of hydrogen-bond donors (Lipinski definition) is 2. The van der Waals surface area contributed by atoms with E-state index in [4.69, 9.17) is 28.3 Å². The molecule has 1 rings (SSSR count). The summed E-state index contributed by atoms with van der Waals surface area (Å²) in [5, 5.41) is 9.39. The van der Waals surface area contributed by atoms with Crippen molar-refractivity contribution in [1.29, 1.82) is 0 Å². The lowest BCUT2D eigenvalue weighted by Crippen LogP contribution is -2.37. The van der Waals surface area contributed by atoms with Crippen LogP contribution in [-0.2, 0) is 14.6 Å². The molecule has 1 amide bonds. The highest BCUT2D eigenvalue weighted by Gasteiger charge is 2.33. The van der Waals surface area contributed by atoms with E-state index in [0.717, 1.165) is 12.1 Å². The van der Waals surface area contributed by atoms with E-state index in [1.54, 1.807) is 6.92 Å². The molecule has 0 bridgehead atoms. The van der Waals surface area contributed by atoms with Crippen LogP contribution in [0, 0.1) is 0 Å². The van der Waals surface area contributed by atoms with Gasteiger partial charge in [0.05, 0.1) is 15.5 Å². The minimum Gasteiger partial charge on any atom is -0.478 e. The number of hydrogen-bond acceptors (Lipinski definition) is 4. The van der Waals surface area contributed by atoms with Crippen LogP contribution in [0.25, 0.3) is 0 Å². The summed E-state index contributed by atoms with van der Waals surface area (Å²) in [5.41, 5.74) is -0.439. The van der Waals surface area contributed by atoms with Crippen molar-refractivity contribution in [3.63, 3.8) is 0 Å². The van der Waals surface area contributed by atoms with Gasteiger partial charge >= 0.3 is 5.97 Å². The number of halogens is 2. The molecule has 2 N–H and O–H groups in total. The molecule has 0 heterocycles. The van der Waals surface area contributed by atoms with E-state index in [0.29, 0.717) is 0 Å². The molecule has 0 saturated carbocycles. The van der Waals surface area contributed by atoms with Crippen molar-refractivity contribution < 1.29 is 23.1 Å². The van der Waals surface area contributed by atoms with Gasteiger partial charge in [0.1, 0.15) is 5.25 Å². The van der Waals surface area contributed by atoms with Crippen molar-refractivity contribution in [2.24, 2.45) is 0 Å². The van der Waals surface area contributed by atoms with Crippen molar-refractivity contribution in [1.82, 2.24) is 5.32 Å². The van der Waals surface area contributed by atoms with Crippen LogP contribution in [0.5, 0.6) is 0 Å². The number of nitrogens with one attached hydrogen (secondary N) is 1. The summed E-state index contributed by atoms with van der Waals surface area (Å²) in [6, 6.07) is 2.07. The summed E-state index contributed by atoms with van der Waals surface area (Å²) in [6.07, 6.45) is 0. The van der Waals surface area contributed by atoms with Gasteiger partial charge in [-0.1, -0.05) is 23.2 Å². The Hall–Kier alpha value is -1.31. The highest BCUT2D eigenvalue weighted by atomic mass is 35.5. The van der Waals surface area contributed by atoms with E-state index in [1.807, 2.05) is 0 Å². The monoisotopic (exact) mass is 353 g/mol. The Kier molecular flexibility index (Phi) is 5.61. The van der Waals surface area contributed by atoms with E-state index < -0.39 is 42.4 Å². The van der Waals surface area contributed by atoms with Gasteiger partial charge in [-0.25, -0.2) is 13.2 Å². The van der Waals surface area contributed by atoms with E-state index in [-0.39, 0.29) is 11.6 Å². The second kappa shape index (κ2) is 6.64. The number of carboxylic acids is 1. The first-order valence-corrected chi connectivity index (χ1v) is 8.17. The molecule has 21 heavy (non-hydrogen) atoms. The number of amides is 1. The lowest BCUT2D eigenvalue weighted by Gasteiger charge is -2.15. The number of carboxylic acid groups (broad SMARTS) is 1. The second-order valence-electron chi connectivity index (χ2n) is 4.15. The van der Waals surface area contributed by atoms with Gasteiger partial charge in [-0.3, -0.25) is 4.79 Å². The number of carbonyl (C=O) groups excluding carboxylic acids is 1. The number of benzene rings is 1. The van der Waals surface area contributed by atoms with E-state index in [9.17, 15) is 18.0 Å². The Bertz CT molecular complexity index is 687. The van der Waals surface area contributed by atoms with Gasteiger partial charge in [0.25, 0.3) is 0 Å². The molecule has 1 unspecified atom stereocenters. The highest BCUT2D eigenvalue weighted by Crippen LogP contribution is 2.31. The smallest absolute Gasteiger partial charge is 0.337 e. The van der Waals surface area contributed by atoms with Crippen molar-refractivity contribution >= 4 is 44.9 Å². The van der Waals surface area contributed by atoms with Gasteiger partial charge in [-0.15, -0.1) is 0 Å². The summed E-state index contributed by atoms with van der Waals surface area (Å²) in [6.45, 7) is 3.10. The van der Waals surface area contributed by atoms with Crippen LogP contribution in [0.15, 0.2) is 17.0 Å². The molecule has 0 radical (unpaired) electrons. The van der Waals surface area contributed by atoms with Crippen molar-refractivity contribution in [2.45, 2.75) is 24.0 Å². The first-order chi connectivity index (χ1) is 9.62. The maximum absolute atomic E-state index is 12.4. The molecule has 1 aromatic carbocycles. The van der Waals surface area contributed by atoms with Gasteiger partial charge in [0, 0.05) is 11.6 Å². The minimum absolute atomic E-state index is 0.0986. The third-order valence-corrected chi connectivity index (χ3v) is 5.54. The molecule has 0 saturated heterocycles.